The Morgan fingerprint density at radius 1 is 1.62 bits per heavy atom. The van der Waals surface area contributed by atoms with E-state index in [-0.39, 0.29) is 18.4 Å². The van der Waals surface area contributed by atoms with E-state index in [1.54, 1.807) is 7.05 Å². The lowest BCUT2D eigenvalue weighted by atomic mass is 9.88. The lowest BCUT2D eigenvalue weighted by Crippen LogP contribution is -2.52. The third-order valence-corrected chi connectivity index (χ3v) is 3.04. The molecule has 1 saturated heterocycles. The first-order valence-electron chi connectivity index (χ1n) is 5.54. The van der Waals surface area contributed by atoms with E-state index in [0.29, 0.717) is 0 Å². The number of hydrazine groups is 1. The Morgan fingerprint density at radius 2 is 2.25 bits per heavy atom. The molecular formula is C10H19N3O3. The second-order valence-corrected chi connectivity index (χ2v) is 3.93. The van der Waals surface area contributed by atoms with Crippen LogP contribution in [0.4, 0.5) is 4.79 Å². The van der Waals surface area contributed by atoms with Gasteiger partial charge in [-0.15, -0.1) is 0 Å². The molecule has 0 aromatic rings. The van der Waals surface area contributed by atoms with Gasteiger partial charge in [0.2, 0.25) is 0 Å². The number of rotatable bonds is 5. The van der Waals surface area contributed by atoms with E-state index >= 15 is 0 Å². The van der Waals surface area contributed by atoms with Crippen LogP contribution in [-0.2, 0) is 4.79 Å². The smallest absolute Gasteiger partial charge is 0.422 e. The predicted octanol–water partition coefficient (Wildman–Crippen LogP) is 0.0580. The summed E-state index contributed by atoms with van der Waals surface area (Å²) in [5.41, 5.74) is 2.64. The molecule has 3 N–H and O–H groups in total. The van der Waals surface area contributed by atoms with Crippen molar-refractivity contribution >= 4 is 12.4 Å². The van der Waals surface area contributed by atoms with Gasteiger partial charge in [-0.1, -0.05) is 0 Å². The first-order chi connectivity index (χ1) is 7.70. The Balaban J connectivity index is 2.70. The van der Waals surface area contributed by atoms with Crippen molar-refractivity contribution in [1.82, 2.24) is 15.8 Å². The molecule has 1 aliphatic heterocycles. The summed E-state index contributed by atoms with van der Waals surface area (Å²) in [4.78, 5) is 21.7. The van der Waals surface area contributed by atoms with Crippen LogP contribution >= 0.6 is 0 Å². The number of nitrogens with one attached hydrogen (secondary N) is 2. The van der Waals surface area contributed by atoms with E-state index in [1.807, 2.05) is 0 Å². The predicted molar refractivity (Wildman–Crippen MR) is 59.0 cm³/mol. The van der Waals surface area contributed by atoms with Crippen molar-refractivity contribution in [3.8, 4) is 0 Å². The monoisotopic (exact) mass is 229 g/mol. The van der Waals surface area contributed by atoms with Crippen molar-refractivity contribution in [3.05, 3.63) is 0 Å². The zero-order chi connectivity index (χ0) is 12.0. The summed E-state index contributed by atoms with van der Waals surface area (Å²) in [6, 6.07) is -0.262. The molecule has 0 aromatic heterocycles. The lowest BCUT2D eigenvalue weighted by molar-refractivity contribution is -0.109. The van der Waals surface area contributed by atoms with Crippen LogP contribution in [0.3, 0.4) is 0 Å². The average Bonchev–Trinajstić information content (AvgIpc) is 2.29. The van der Waals surface area contributed by atoms with Crippen molar-refractivity contribution in [2.75, 3.05) is 20.1 Å². The number of aldehydes is 1. The quantitative estimate of drug-likeness (QED) is 0.458. The lowest BCUT2D eigenvalue weighted by Gasteiger charge is -2.35. The highest BCUT2D eigenvalue weighted by molar-refractivity contribution is 5.65. The molecule has 16 heavy (non-hydrogen) atoms. The summed E-state index contributed by atoms with van der Waals surface area (Å²) >= 11 is 0. The van der Waals surface area contributed by atoms with E-state index in [9.17, 15) is 9.59 Å². The number of carbonyl (C=O) groups is 2. The Labute approximate surface area is 95.0 Å². The summed E-state index contributed by atoms with van der Waals surface area (Å²) in [6.45, 7) is 1.77. The maximum atomic E-state index is 11.0. The summed E-state index contributed by atoms with van der Waals surface area (Å²) < 4.78 is 0. The normalized spacial score (nSPS) is 19.1. The molecule has 1 rings (SSSR count). The van der Waals surface area contributed by atoms with Gasteiger partial charge in [0, 0.05) is 13.5 Å². The number of hydrogen-bond acceptors (Lipinski definition) is 4. The highest BCUT2D eigenvalue weighted by atomic mass is 16.4. The van der Waals surface area contributed by atoms with E-state index in [4.69, 9.17) is 5.11 Å². The fourth-order valence-corrected chi connectivity index (χ4v) is 2.24. The van der Waals surface area contributed by atoms with Crippen LogP contribution in [0.5, 0.6) is 0 Å². The number of hydrogen-bond donors (Lipinski definition) is 3. The number of piperidine rings is 1. The van der Waals surface area contributed by atoms with Gasteiger partial charge in [0.25, 0.3) is 0 Å². The van der Waals surface area contributed by atoms with Crippen LogP contribution in [0.1, 0.15) is 19.3 Å². The number of amides is 1. The van der Waals surface area contributed by atoms with Crippen LogP contribution in [0.25, 0.3) is 0 Å². The molecule has 0 spiro atoms. The summed E-state index contributed by atoms with van der Waals surface area (Å²) in [7, 11) is 1.56. The van der Waals surface area contributed by atoms with Crippen molar-refractivity contribution in [3.63, 3.8) is 0 Å². The Hall–Kier alpha value is -1.14. The molecule has 0 saturated carbocycles. The van der Waals surface area contributed by atoms with Gasteiger partial charge >= 0.3 is 6.09 Å². The zero-order valence-electron chi connectivity index (χ0n) is 9.48. The zero-order valence-corrected chi connectivity index (χ0v) is 9.48. The van der Waals surface area contributed by atoms with Gasteiger partial charge in [-0.3, -0.25) is 0 Å². The Kier molecular flexibility index (Phi) is 5.21. The number of carbonyl (C=O) groups excluding carboxylic acids is 1. The van der Waals surface area contributed by atoms with Gasteiger partial charge in [-0.2, -0.15) is 0 Å². The van der Waals surface area contributed by atoms with Crippen LogP contribution < -0.4 is 10.7 Å². The van der Waals surface area contributed by atoms with E-state index in [1.165, 1.54) is 0 Å². The van der Waals surface area contributed by atoms with Gasteiger partial charge in [0.1, 0.15) is 6.29 Å². The van der Waals surface area contributed by atoms with Gasteiger partial charge < -0.3 is 15.2 Å². The van der Waals surface area contributed by atoms with E-state index in [2.05, 4.69) is 10.7 Å². The molecule has 1 amide bonds. The van der Waals surface area contributed by atoms with Crippen molar-refractivity contribution in [1.29, 1.82) is 0 Å². The minimum absolute atomic E-state index is 0.245. The molecule has 1 fully saturated rings. The maximum absolute atomic E-state index is 11.0. The fourth-order valence-electron chi connectivity index (χ4n) is 2.24. The molecule has 1 atom stereocenters. The van der Waals surface area contributed by atoms with Crippen LogP contribution in [0, 0.1) is 5.92 Å². The Bertz CT molecular complexity index is 241. The first kappa shape index (κ1) is 12.9. The highest BCUT2D eigenvalue weighted by Gasteiger charge is 2.30. The third kappa shape index (κ3) is 3.18. The van der Waals surface area contributed by atoms with Crippen molar-refractivity contribution in [2.24, 2.45) is 5.92 Å². The average molecular weight is 229 g/mol. The molecule has 1 heterocycles. The molecule has 0 bridgehead atoms. The van der Waals surface area contributed by atoms with Gasteiger partial charge in [-0.05, 0) is 31.8 Å². The summed E-state index contributed by atoms with van der Waals surface area (Å²) in [5.74, 6) is 0.245. The standard InChI is InChI=1S/C10H19N3O3/c1-11-13(10(15)16)9(4-7-14)8-2-5-12-6-3-8/h7-9,11-12H,2-6H2,1H3,(H,15,16). The van der Waals surface area contributed by atoms with Crippen LogP contribution in [0.2, 0.25) is 0 Å². The largest absolute Gasteiger partial charge is 0.464 e. The van der Waals surface area contributed by atoms with Gasteiger partial charge in [0.05, 0.1) is 6.04 Å². The topological polar surface area (TPSA) is 81.7 Å². The molecular weight excluding hydrogens is 210 g/mol. The third-order valence-electron chi connectivity index (χ3n) is 3.04. The van der Waals surface area contributed by atoms with E-state index in [0.717, 1.165) is 37.2 Å². The molecule has 0 radical (unpaired) electrons. The van der Waals surface area contributed by atoms with E-state index < -0.39 is 6.09 Å². The Morgan fingerprint density at radius 3 is 2.69 bits per heavy atom. The molecule has 6 heteroatoms. The van der Waals surface area contributed by atoms with Crippen molar-refractivity contribution in [2.45, 2.75) is 25.3 Å². The summed E-state index contributed by atoms with van der Waals surface area (Å²) in [5, 5.41) is 13.4. The second kappa shape index (κ2) is 6.44. The van der Waals surface area contributed by atoms with Crippen molar-refractivity contribution < 1.29 is 14.7 Å². The van der Waals surface area contributed by atoms with Gasteiger partial charge in [0.15, 0.2) is 0 Å². The highest BCUT2D eigenvalue weighted by Crippen LogP contribution is 2.22. The molecule has 6 nitrogen and oxygen atoms in total. The van der Waals surface area contributed by atoms with Crippen LogP contribution in [0.15, 0.2) is 0 Å². The molecule has 0 aliphatic carbocycles. The molecule has 1 unspecified atom stereocenters. The molecule has 0 aromatic carbocycles. The maximum Gasteiger partial charge on any atom is 0.422 e. The minimum atomic E-state index is -1.03. The molecule has 92 valence electrons. The SMILES string of the molecule is CNN(C(=O)O)C(CC=O)C1CCNCC1. The second-order valence-electron chi connectivity index (χ2n) is 3.93. The number of nitrogens with zero attached hydrogens (tertiary/aromatic N) is 1. The van der Waals surface area contributed by atoms with Gasteiger partial charge in [-0.25, -0.2) is 15.2 Å². The molecule has 1 aliphatic rings. The summed E-state index contributed by atoms with van der Waals surface area (Å²) in [6.07, 6.45) is 1.82. The van der Waals surface area contributed by atoms with Crippen LogP contribution in [-0.4, -0.2) is 48.7 Å². The fraction of sp³-hybridized carbons (Fsp3) is 0.800. The first-order valence-corrected chi connectivity index (χ1v) is 5.54. The number of carboxylic acid groups (broad SMARTS) is 1. The minimum Gasteiger partial charge on any atom is -0.464 e.